The molecule has 2 N–H and O–H groups in total. The molecule has 0 aliphatic carbocycles. The number of benzene rings is 1. The maximum atomic E-state index is 12.5. The first-order chi connectivity index (χ1) is 9.16. The third kappa shape index (κ3) is 2.22. The number of fused-ring (bicyclic) bond motifs is 1. The maximum Gasteiger partial charge on any atom is 0.255 e. The van der Waals surface area contributed by atoms with Crippen LogP contribution in [0.15, 0.2) is 29.6 Å². The molecule has 5 heteroatoms. The molecule has 1 aliphatic rings. The first-order valence-corrected chi connectivity index (χ1v) is 7.31. The van der Waals surface area contributed by atoms with Crippen molar-refractivity contribution in [3.63, 3.8) is 0 Å². The maximum absolute atomic E-state index is 12.5. The Morgan fingerprint density at radius 1 is 1.37 bits per heavy atom. The van der Waals surface area contributed by atoms with Crippen LogP contribution < -0.4 is 5.73 Å². The first-order valence-electron chi connectivity index (χ1n) is 6.05. The summed E-state index contributed by atoms with van der Waals surface area (Å²) in [4.78, 5) is 15.7. The zero-order valence-corrected chi connectivity index (χ0v) is 11.8. The molecular weight excluding hydrogens is 280 g/mol. The standard InChI is InChI=1S/C14H13ClN2OS/c15-13-10(2-1-3-11(13)16)14(18)17-6-4-12-9(8-17)5-7-19-12/h1-3,5,7H,4,6,8,16H2. The summed E-state index contributed by atoms with van der Waals surface area (Å²) in [5, 5.41) is 2.43. The molecule has 3 rings (SSSR count). The average Bonchev–Trinajstić information content (AvgIpc) is 2.88. The molecule has 1 amide bonds. The second-order valence-corrected chi connectivity index (χ2v) is 5.93. The van der Waals surface area contributed by atoms with E-state index in [0.717, 1.165) is 13.0 Å². The van der Waals surface area contributed by atoms with Crippen LogP contribution in [0.4, 0.5) is 5.69 Å². The summed E-state index contributed by atoms with van der Waals surface area (Å²) in [7, 11) is 0. The van der Waals surface area contributed by atoms with Gasteiger partial charge in [-0.25, -0.2) is 0 Å². The van der Waals surface area contributed by atoms with Gasteiger partial charge >= 0.3 is 0 Å². The second-order valence-electron chi connectivity index (χ2n) is 4.55. The number of amides is 1. The summed E-state index contributed by atoms with van der Waals surface area (Å²) in [6.07, 6.45) is 0.915. The van der Waals surface area contributed by atoms with Crippen LogP contribution in [-0.2, 0) is 13.0 Å². The zero-order valence-electron chi connectivity index (χ0n) is 10.2. The molecule has 0 radical (unpaired) electrons. The van der Waals surface area contributed by atoms with Gasteiger partial charge in [-0.05, 0) is 35.6 Å². The van der Waals surface area contributed by atoms with E-state index in [2.05, 4.69) is 11.4 Å². The van der Waals surface area contributed by atoms with Crippen molar-refractivity contribution >= 4 is 34.5 Å². The number of hydrogen-bond donors (Lipinski definition) is 1. The Morgan fingerprint density at radius 3 is 3.05 bits per heavy atom. The average molecular weight is 293 g/mol. The summed E-state index contributed by atoms with van der Waals surface area (Å²) in [5.41, 5.74) is 7.92. The van der Waals surface area contributed by atoms with Crippen molar-refractivity contribution in [1.29, 1.82) is 0 Å². The van der Waals surface area contributed by atoms with Crippen LogP contribution in [0.3, 0.4) is 0 Å². The number of carbonyl (C=O) groups is 1. The first kappa shape index (κ1) is 12.5. The Labute approximate surface area is 120 Å². The Bertz CT molecular complexity index is 638. The fourth-order valence-electron chi connectivity index (χ4n) is 2.31. The molecule has 0 fully saturated rings. The van der Waals surface area contributed by atoms with Crippen molar-refractivity contribution in [3.8, 4) is 0 Å². The highest BCUT2D eigenvalue weighted by molar-refractivity contribution is 7.10. The molecule has 2 heterocycles. The van der Waals surface area contributed by atoms with E-state index in [1.54, 1.807) is 29.5 Å². The molecule has 0 saturated heterocycles. The van der Waals surface area contributed by atoms with Gasteiger partial charge in [0.05, 0.1) is 16.3 Å². The molecule has 1 aromatic carbocycles. The number of nitrogen functional groups attached to an aromatic ring is 1. The van der Waals surface area contributed by atoms with Gasteiger partial charge in [-0.1, -0.05) is 17.7 Å². The molecule has 3 nitrogen and oxygen atoms in total. The summed E-state index contributed by atoms with van der Waals surface area (Å²) >= 11 is 7.87. The highest BCUT2D eigenvalue weighted by Gasteiger charge is 2.24. The number of carbonyl (C=O) groups excluding carboxylic acids is 1. The van der Waals surface area contributed by atoms with Gasteiger partial charge in [0.25, 0.3) is 5.91 Å². The highest BCUT2D eigenvalue weighted by atomic mass is 35.5. The van der Waals surface area contributed by atoms with Crippen LogP contribution >= 0.6 is 22.9 Å². The molecule has 1 aliphatic heterocycles. The smallest absolute Gasteiger partial charge is 0.255 e. The van der Waals surface area contributed by atoms with Gasteiger partial charge in [-0.2, -0.15) is 0 Å². The fourth-order valence-corrected chi connectivity index (χ4v) is 3.40. The van der Waals surface area contributed by atoms with E-state index in [4.69, 9.17) is 17.3 Å². The lowest BCUT2D eigenvalue weighted by Gasteiger charge is -2.27. The highest BCUT2D eigenvalue weighted by Crippen LogP contribution is 2.28. The molecule has 98 valence electrons. The SMILES string of the molecule is Nc1cccc(C(=O)N2CCc3sccc3C2)c1Cl. The molecule has 0 bridgehead atoms. The van der Waals surface area contributed by atoms with Crippen molar-refractivity contribution < 1.29 is 4.79 Å². The molecule has 19 heavy (non-hydrogen) atoms. The van der Waals surface area contributed by atoms with E-state index >= 15 is 0 Å². The quantitative estimate of drug-likeness (QED) is 0.821. The lowest BCUT2D eigenvalue weighted by molar-refractivity contribution is 0.0736. The number of nitrogens with two attached hydrogens (primary N) is 1. The third-order valence-electron chi connectivity index (χ3n) is 3.35. The monoisotopic (exact) mass is 292 g/mol. The number of hydrogen-bond acceptors (Lipinski definition) is 3. The summed E-state index contributed by atoms with van der Waals surface area (Å²) in [5.74, 6) is -0.0471. The van der Waals surface area contributed by atoms with Gasteiger partial charge in [0.1, 0.15) is 0 Å². The summed E-state index contributed by atoms with van der Waals surface area (Å²) in [6, 6.07) is 7.27. The van der Waals surface area contributed by atoms with Crippen LogP contribution in [-0.4, -0.2) is 17.4 Å². The van der Waals surface area contributed by atoms with Gasteiger partial charge < -0.3 is 10.6 Å². The van der Waals surface area contributed by atoms with Gasteiger partial charge in [-0.3, -0.25) is 4.79 Å². The van der Waals surface area contributed by atoms with Crippen molar-refractivity contribution in [2.45, 2.75) is 13.0 Å². The van der Waals surface area contributed by atoms with Gasteiger partial charge in [0.2, 0.25) is 0 Å². The number of anilines is 1. The van der Waals surface area contributed by atoms with Crippen molar-refractivity contribution in [3.05, 3.63) is 50.7 Å². The normalized spacial score (nSPS) is 14.3. The van der Waals surface area contributed by atoms with Gasteiger partial charge in [0, 0.05) is 18.0 Å². The van der Waals surface area contributed by atoms with Crippen LogP contribution in [0.2, 0.25) is 5.02 Å². The number of nitrogens with zero attached hydrogens (tertiary/aromatic N) is 1. The van der Waals surface area contributed by atoms with E-state index in [-0.39, 0.29) is 5.91 Å². The van der Waals surface area contributed by atoms with Gasteiger partial charge in [-0.15, -0.1) is 11.3 Å². The largest absolute Gasteiger partial charge is 0.398 e. The fraction of sp³-hybridized carbons (Fsp3) is 0.214. The van der Waals surface area contributed by atoms with Crippen LogP contribution in [0.1, 0.15) is 20.8 Å². The minimum atomic E-state index is -0.0471. The van der Waals surface area contributed by atoms with E-state index in [0.29, 0.717) is 22.8 Å². The Balaban J connectivity index is 1.88. The lowest BCUT2D eigenvalue weighted by atomic mass is 10.1. The molecule has 1 aromatic heterocycles. The minimum absolute atomic E-state index is 0.0471. The number of thiophene rings is 1. The van der Waals surface area contributed by atoms with Crippen LogP contribution in [0.5, 0.6) is 0 Å². The lowest BCUT2D eigenvalue weighted by Crippen LogP contribution is -2.35. The Hall–Kier alpha value is -1.52. The second kappa shape index (κ2) is 4.87. The van der Waals surface area contributed by atoms with E-state index in [9.17, 15) is 4.79 Å². The molecular formula is C14H13ClN2OS. The Kier molecular flexibility index (Phi) is 3.21. The van der Waals surface area contributed by atoms with Crippen molar-refractivity contribution in [2.24, 2.45) is 0 Å². The molecule has 2 aromatic rings. The summed E-state index contributed by atoms with van der Waals surface area (Å²) < 4.78 is 0. The third-order valence-corrected chi connectivity index (χ3v) is 4.80. The van der Waals surface area contributed by atoms with Gasteiger partial charge in [0.15, 0.2) is 0 Å². The molecule has 0 saturated carbocycles. The van der Waals surface area contributed by atoms with Crippen molar-refractivity contribution in [1.82, 2.24) is 4.90 Å². The predicted molar refractivity (Wildman–Crippen MR) is 78.6 cm³/mol. The molecule has 0 unspecified atom stereocenters. The summed E-state index contributed by atoms with van der Waals surface area (Å²) in [6.45, 7) is 1.39. The minimum Gasteiger partial charge on any atom is -0.398 e. The zero-order chi connectivity index (χ0) is 13.4. The number of halogens is 1. The Morgan fingerprint density at radius 2 is 2.21 bits per heavy atom. The number of rotatable bonds is 1. The van der Waals surface area contributed by atoms with Crippen LogP contribution in [0, 0.1) is 0 Å². The molecule has 0 atom stereocenters. The molecule has 0 spiro atoms. The van der Waals surface area contributed by atoms with E-state index in [1.165, 1.54) is 10.4 Å². The van der Waals surface area contributed by atoms with Crippen LogP contribution in [0.25, 0.3) is 0 Å². The van der Waals surface area contributed by atoms with Crippen molar-refractivity contribution in [2.75, 3.05) is 12.3 Å². The van der Waals surface area contributed by atoms with E-state index in [1.807, 2.05) is 4.90 Å². The topological polar surface area (TPSA) is 46.3 Å². The van der Waals surface area contributed by atoms with E-state index < -0.39 is 0 Å². The predicted octanol–water partition coefficient (Wildman–Crippen LogP) is 3.18.